The van der Waals surface area contributed by atoms with E-state index in [1.807, 2.05) is 24.1 Å². The largest absolute Gasteiger partial charge is 0.473 e. The van der Waals surface area contributed by atoms with Crippen molar-refractivity contribution in [2.24, 2.45) is 0 Å². The van der Waals surface area contributed by atoms with Gasteiger partial charge in [-0.1, -0.05) is 24.3 Å². The Bertz CT molecular complexity index is 712. The first-order valence-corrected chi connectivity index (χ1v) is 7.27. The van der Waals surface area contributed by atoms with Gasteiger partial charge in [0.1, 0.15) is 19.1 Å². The van der Waals surface area contributed by atoms with Gasteiger partial charge in [0.25, 0.3) is 0 Å². The van der Waals surface area contributed by atoms with Crippen molar-refractivity contribution in [3.8, 4) is 5.88 Å². The van der Waals surface area contributed by atoms with Crippen LogP contribution in [0.1, 0.15) is 17.5 Å². The summed E-state index contributed by atoms with van der Waals surface area (Å²) >= 11 is 0. The van der Waals surface area contributed by atoms with Crippen LogP contribution in [0.2, 0.25) is 0 Å². The van der Waals surface area contributed by atoms with Crippen molar-refractivity contribution in [2.75, 3.05) is 18.5 Å². The summed E-state index contributed by atoms with van der Waals surface area (Å²) in [6.07, 6.45) is 0.937. The fourth-order valence-electron chi connectivity index (χ4n) is 2.54. The van der Waals surface area contributed by atoms with Gasteiger partial charge in [-0.2, -0.15) is 4.98 Å². The fraction of sp³-hybridized carbons (Fsp3) is 0.375. The van der Waals surface area contributed by atoms with Gasteiger partial charge in [-0.15, -0.1) is 0 Å². The molecular formula is C16H18FN3O2. The maximum atomic E-state index is 12.5. The van der Waals surface area contributed by atoms with Crippen LogP contribution in [0.25, 0.3) is 0 Å². The van der Waals surface area contributed by atoms with Crippen LogP contribution >= 0.6 is 0 Å². The monoisotopic (exact) mass is 303 g/mol. The first kappa shape index (κ1) is 14.6. The van der Waals surface area contributed by atoms with Crippen LogP contribution in [0, 0.1) is 0 Å². The molecule has 2 aromatic rings. The first-order chi connectivity index (χ1) is 10.7. The smallest absolute Gasteiger partial charge is 0.352 e. The minimum Gasteiger partial charge on any atom is -0.473 e. The number of hydrogen-bond acceptors (Lipinski definition) is 4. The van der Waals surface area contributed by atoms with E-state index in [1.54, 1.807) is 22.8 Å². The molecule has 0 bridgehead atoms. The van der Waals surface area contributed by atoms with E-state index in [0.717, 1.165) is 24.3 Å². The number of rotatable bonds is 4. The van der Waals surface area contributed by atoms with Gasteiger partial charge >= 0.3 is 5.69 Å². The van der Waals surface area contributed by atoms with E-state index in [4.69, 9.17) is 4.74 Å². The second-order valence-electron chi connectivity index (χ2n) is 5.40. The van der Waals surface area contributed by atoms with Crippen molar-refractivity contribution in [3.05, 3.63) is 51.9 Å². The van der Waals surface area contributed by atoms with Crippen molar-refractivity contribution in [1.82, 2.24) is 9.55 Å². The van der Waals surface area contributed by atoms with Gasteiger partial charge < -0.3 is 9.64 Å². The SMILES string of the molecule is CN1CCCn2c1cc(OCc1ccc(CF)cc1)nc2=O. The third-order valence-corrected chi connectivity index (χ3v) is 3.80. The molecule has 5 nitrogen and oxygen atoms in total. The third kappa shape index (κ3) is 2.95. The summed E-state index contributed by atoms with van der Waals surface area (Å²) in [5.41, 5.74) is 1.26. The highest BCUT2D eigenvalue weighted by Gasteiger charge is 2.16. The summed E-state index contributed by atoms with van der Waals surface area (Å²) < 4.78 is 19.7. The number of ether oxygens (including phenoxy) is 1. The van der Waals surface area contributed by atoms with Crippen molar-refractivity contribution in [3.63, 3.8) is 0 Å². The molecule has 0 saturated heterocycles. The second kappa shape index (κ2) is 6.17. The molecule has 1 aliphatic rings. The molecule has 0 radical (unpaired) electrons. The Kier molecular flexibility index (Phi) is 4.09. The normalized spacial score (nSPS) is 13.8. The van der Waals surface area contributed by atoms with E-state index in [9.17, 15) is 9.18 Å². The molecular weight excluding hydrogens is 285 g/mol. The zero-order valence-corrected chi connectivity index (χ0v) is 12.5. The molecule has 0 unspecified atom stereocenters. The zero-order chi connectivity index (χ0) is 15.5. The standard InChI is InChI=1S/C16H18FN3O2/c1-19-7-2-8-20-15(19)9-14(18-16(20)21)22-11-13-5-3-12(10-17)4-6-13/h3-6,9H,2,7-8,10-11H2,1H3. The summed E-state index contributed by atoms with van der Waals surface area (Å²) in [7, 11) is 1.95. The molecule has 0 N–H and O–H groups in total. The summed E-state index contributed by atoms with van der Waals surface area (Å²) in [6.45, 7) is 1.42. The van der Waals surface area contributed by atoms with Crippen molar-refractivity contribution in [1.29, 1.82) is 0 Å². The van der Waals surface area contributed by atoms with Crippen LogP contribution in [0.5, 0.6) is 5.88 Å². The third-order valence-electron chi connectivity index (χ3n) is 3.80. The van der Waals surface area contributed by atoms with E-state index in [1.165, 1.54) is 0 Å². The number of aromatic nitrogens is 2. The number of anilines is 1. The van der Waals surface area contributed by atoms with Gasteiger partial charge in [-0.05, 0) is 17.5 Å². The highest BCUT2D eigenvalue weighted by molar-refractivity contribution is 5.42. The summed E-state index contributed by atoms with van der Waals surface area (Å²) in [4.78, 5) is 18.0. The Labute approximate surface area is 128 Å². The van der Waals surface area contributed by atoms with Crippen LogP contribution in [0.3, 0.4) is 0 Å². The van der Waals surface area contributed by atoms with Gasteiger partial charge in [0.2, 0.25) is 5.88 Å². The second-order valence-corrected chi connectivity index (χ2v) is 5.40. The Hall–Kier alpha value is -2.37. The molecule has 2 heterocycles. The van der Waals surface area contributed by atoms with E-state index in [-0.39, 0.29) is 5.69 Å². The quantitative estimate of drug-likeness (QED) is 0.868. The molecule has 1 aliphatic heterocycles. The van der Waals surface area contributed by atoms with Crippen molar-refractivity contribution >= 4 is 5.82 Å². The lowest BCUT2D eigenvalue weighted by Crippen LogP contribution is -2.36. The highest BCUT2D eigenvalue weighted by atomic mass is 19.1. The Morgan fingerprint density at radius 3 is 2.68 bits per heavy atom. The Morgan fingerprint density at radius 2 is 1.95 bits per heavy atom. The van der Waals surface area contributed by atoms with E-state index in [2.05, 4.69) is 4.98 Å². The van der Waals surface area contributed by atoms with Gasteiger partial charge in [0, 0.05) is 26.2 Å². The number of hydrogen-bond donors (Lipinski definition) is 0. The van der Waals surface area contributed by atoms with Crippen LogP contribution in [0.4, 0.5) is 10.2 Å². The van der Waals surface area contributed by atoms with E-state index >= 15 is 0 Å². The molecule has 1 aromatic carbocycles. The molecule has 0 atom stereocenters. The van der Waals surface area contributed by atoms with Crippen LogP contribution < -0.4 is 15.3 Å². The average Bonchev–Trinajstić information content (AvgIpc) is 2.54. The van der Waals surface area contributed by atoms with Gasteiger partial charge in [-0.25, -0.2) is 9.18 Å². The maximum Gasteiger partial charge on any atom is 0.352 e. The molecule has 0 saturated carbocycles. The van der Waals surface area contributed by atoms with E-state index in [0.29, 0.717) is 24.6 Å². The van der Waals surface area contributed by atoms with Crippen molar-refractivity contribution < 1.29 is 9.13 Å². The minimum atomic E-state index is -0.476. The number of fused-ring (bicyclic) bond motifs is 1. The first-order valence-electron chi connectivity index (χ1n) is 7.27. The lowest BCUT2D eigenvalue weighted by atomic mass is 10.1. The van der Waals surface area contributed by atoms with Crippen molar-refractivity contribution in [2.45, 2.75) is 26.2 Å². The molecule has 0 spiro atoms. The summed E-state index contributed by atoms with van der Waals surface area (Å²) in [5, 5.41) is 0. The van der Waals surface area contributed by atoms with Crippen LogP contribution in [-0.2, 0) is 19.8 Å². The average molecular weight is 303 g/mol. The van der Waals surface area contributed by atoms with E-state index < -0.39 is 6.67 Å². The lowest BCUT2D eigenvalue weighted by Gasteiger charge is -2.28. The molecule has 0 amide bonds. The predicted octanol–water partition coefficient (Wildman–Crippen LogP) is 2.13. The zero-order valence-electron chi connectivity index (χ0n) is 12.5. The fourth-order valence-corrected chi connectivity index (χ4v) is 2.54. The summed E-state index contributed by atoms with van der Waals surface area (Å²) in [5.74, 6) is 1.15. The number of alkyl halides is 1. The number of halogens is 1. The summed E-state index contributed by atoms with van der Waals surface area (Å²) in [6, 6.07) is 8.86. The molecule has 0 fully saturated rings. The Balaban J connectivity index is 1.76. The van der Waals surface area contributed by atoms with Gasteiger partial charge in [-0.3, -0.25) is 4.57 Å². The topological polar surface area (TPSA) is 47.4 Å². The van der Waals surface area contributed by atoms with Crippen LogP contribution in [0.15, 0.2) is 35.1 Å². The molecule has 0 aliphatic carbocycles. The molecule has 1 aromatic heterocycles. The maximum absolute atomic E-state index is 12.5. The molecule has 3 rings (SSSR count). The molecule has 6 heteroatoms. The molecule has 116 valence electrons. The molecule has 22 heavy (non-hydrogen) atoms. The lowest BCUT2D eigenvalue weighted by molar-refractivity contribution is 0.290. The predicted molar refractivity (Wildman–Crippen MR) is 82.0 cm³/mol. The highest BCUT2D eigenvalue weighted by Crippen LogP contribution is 2.20. The number of benzene rings is 1. The van der Waals surface area contributed by atoms with Crippen LogP contribution in [-0.4, -0.2) is 23.1 Å². The van der Waals surface area contributed by atoms with Gasteiger partial charge in [0.05, 0.1) is 0 Å². The number of nitrogens with zero attached hydrogens (tertiary/aromatic N) is 3. The minimum absolute atomic E-state index is 0.285. The van der Waals surface area contributed by atoms with Gasteiger partial charge in [0.15, 0.2) is 0 Å². The Morgan fingerprint density at radius 1 is 1.23 bits per heavy atom.